The Morgan fingerprint density at radius 3 is 1.74 bits per heavy atom. The number of carbonyl (C=O) groups excluding carboxylic acids is 1. The quantitative estimate of drug-likeness (QED) is 0.843. The first kappa shape index (κ1) is 13.4. The minimum absolute atomic E-state index is 0.0752. The van der Waals surface area contributed by atoms with Gasteiger partial charge in [0.2, 0.25) is 0 Å². The third-order valence-electron chi connectivity index (χ3n) is 2.52. The highest BCUT2D eigenvalue weighted by Crippen LogP contribution is 2.08. The summed E-state index contributed by atoms with van der Waals surface area (Å²) in [5.41, 5.74) is 1.47. The Morgan fingerprint density at radius 2 is 1.42 bits per heavy atom. The van der Waals surface area contributed by atoms with Crippen LogP contribution in [-0.2, 0) is 0 Å². The predicted molar refractivity (Wildman–Crippen MR) is 81.1 cm³/mol. The number of ketones is 1. The number of rotatable bonds is 2. The van der Waals surface area contributed by atoms with E-state index in [4.69, 9.17) is 0 Å². The van der Waals surface area contributed by atoms with E-state index >= 15 is 0 Å². The van der Waals surface area contributed by atoms with E-state index in [0.717, 1.165) is 17.0 Å². The topological polar surface area (TPSA) is 29.1 Å². The highest BCUT2D eigenvalue weighted by molar-refractivity contribution is 8.02. The normalized spacial score (nSPS) is 12.2. The molecule has 2 aromatic carbocycles. The summed E-state index contributed by atoms with van der Waals surface area (Å²) in [5.74, 6) is 1.13. The molecule has 0 aliphatic carbocycles. The molecule has 1 heterocycles. The van der Waals surface area contributed by atoms with Crippen molar-refractivity contribution in [3.63, 3.8) is 0 Å². The molecule has 2 aromatic rings. The minimum Gasteiger partial charge on any atom is -0.381 e. The largest absolute Gasteiger partial charge is 0.381 e. The first-order chi connectivity index (χ1) is 9.38. The molecular weight excluding hydrogens is 254 g/mol. The Labute approximate surface area is 117 Å². The molecule has 1 N–H and O–H groups in total. The van der Waals surface area contributed by atoms with E-state index in [0.29, 0.717) is 0 Å². The van der Waals surface area contributed by atoms with E-state index in [9.17, 15) is 4.79 Å². The smallest absolute Gasteiger partial charge is 0.193 e. The van der Waals surface area contributed by atoms with Gasteiger partial charge in [-0.25, -0.2) is 0 Å². The molecule has 0 aromatic heterocycles. The summed E-state index contributed by atoms with van der Waals surface area (Å²) in [5, 5.41) is 5.05. The van der Waals surface area contributed by atoms with E-state index in [1.54, 1.807) is 11.8 Å². The lowest BCUT2D eigenvalue weighted by Crippen LogP contribution is -1.99. The number of hydrogen-bond donors (Lipinski definition) is 1. The SMILES string of the molecule is C1=CSCN1.O=C(c1ccccc1)c1ccccc1. The van der Waals surface area contributed by atoms with Gasteiger partial charge in [-0.1, -0.05) is 60.7 Å². The zero-order valence-corrected chi connectivity index (χ0v) is 11.3. The van der Waals surface area contributed by atoms with Crippen molar-refractivity contribution < 1.29 is 4.79 Å². The van der Waals surface area contributed by atoms with E-state index in [-0.39, 0.29) is 5.78 Å². The van der Waals surface area contributed by atoms with Gasteiger partial charge in [0, 0.05) is 17.3 Å². The average molecular weight is 269 g/mol. The first-order valence-corrected chi connectivity index (χ1v) is 7.07. The van der Waals surface area contributed by atoms with Crippen molar-refractivity contribution in [2.45, 2.75) is 0 Å². The molecule has 2 nitrogen and oxygen atoms in total. The van der Waals surface area contributed by atoms with Crippen LogP contribution in [0.5, 0.6) is 0 Å². The first-order valence-electron chi connectivity index (χ1n) is 6.03. The van der Waals surface area contributed by atoms with Gasteiger partial charge in [-0.2, -0.15) is 0 Å². The second-order valence-corrected chi connectivity index (χ2v) is 4.77. The average Bonchev–Trinajstić information content (AvgIpc) is 3.08. The van der Waals surface area contributed by atoms with Gasteiger partial charge < -0.3 is 5.32 Å². The van der Waals surface area contributed by atoms with Gasteiger partial charge in [-0.3, -0.25) is 4.79 Å². The fourth-order valence-corrected chi connectivity index (χ4v) is 2.07. The Morgan fingerprint density at radius 1 is 0.895 bits per heavy atom. The highest BCUT2D eigenvalue weighted by atomic mass is 32.2. The Balaban J connectivity index is 0.000000224. The number of nitrogens with one attached hydrogen (secondary N) is 1. The monoisotopic (exact) mass is 269 g/mol. The third kappa shape index (κ3) is 4.30. The van der Waals surface area contributed by atoms with Crippen LogP contribution in [0.25, 0.3) is 0 Å². The summed E-state index contributed by atoms with van der Waals surface area (Å²) in [6.07, 6.45) is 1.95. The van der Waals surface area contributed by atoms with Crippen molar-refractivity contribution in [2.75, 3.05) is 5.88 Å². The number of hydrogen-bond acceptors (Lipinski definition) is 3. The Kier molecular flexibility index (Phi) is 5.26. The second kappa shape index (κ2) is 7.44. The molecule has 3 heteroatoms. The summed E-state index contributed by atoms with van der Waals surface area (Å²) in [6.45, 7) is 0. The van der Waals surface area contributed by atoms with Crippen LogP contribution < -0.4 is 5.32 Å². The van der Waals surface area contributed by atoms with Crippen LogP contribution in [0.2, 0.25) is 0 Å². The van der Waals surface area contributed by atoms with Crippen LogP contribution in [0.3, 0.4) is 0 Å². The van der Waals surface area contributed by atoms with Gasteiger partial charge in [0.1, 0.15) is 0 Å². The van der Waals surface area contributed by atoms with Gasteiger partial charge >= 0.3 is 0 Å². The van der Waals surface area contributed by atoms with Crippen molar-refractivity contribution in [3.8, 4) is 0 Å². The molecule has 19 heavy (non-hydrogen) atoms. The molecule has 0 amide bonds. The molecule has 0 saturated carbocycles. The molecule has 0 saturated heterocycles. The number of thioether (sulfide) groups is 1. The molecular formula is C16H15NOS. The van der Waals surface area contributed by atoms with Crippen LogP contribution in [-0.4, -0.2) is 11.7 Å². The summed E-state index contributed by atoms with van der Waals surface area (Å²) in [7, 11) is 0. The summed E-state index contributed by atoms with van der Waals surface area (Å²) in [6, 6.07) is 18.6. The van der Waals surface area contributed by atoms with Gasteiger partial charge in [-0.05, 0) is 5.41 Å². The molecule has 0 unspecified atom stereocenters. The van der Waals surface area contributed by atoms with Crippen molar-refractivity contribution in [1.82, 2.24) is 5.32 Å². The Bertz CT molecular complexity index is 490. The van der Waals surface area contributed by atoms with Gasteiger partial charge in [-0.15, -0.1) is 11.8 Å². The van der Waals surface area contributed by atoms with E-state index < -0.39 is 0 Å². The van der Waals surface area contributed by atoms with Gasteiger partial charge in [0.05, 0.1) is 5.88 Å². The molecule has 0 radical (unpaired) electrons. The zero-order valence-electron chi connectivity index (χ0n) is 10.5. The molecule has 0 spiro atoms. The number of carbonyl (C=O) groups is 1. The van der Waals surface area contributed by atoms with Crippen molar-refractivity contribution in [1.29, 1.82) is 0 Å². The van der Waals surface area contributed by atoms with Crippen LogP contribution in [0.15, 0.2) is 72.3 Å². The lowest BCUT2D eigenvalue weighted by Gasteiger charge is -1.99. The van der Waals surface area contributed by atoms with E-state index in [1.165, 1.54) is 0 Å². The maximum atomic E-state index is 11.8. The zero-order chi connectivity index (χ0) is 13.3. The van der Waals surface area contributed by atoms with E-state index in [1.807, 2.05) is 72.3 Å². The molecule has 0 bridgehead atoms. The van der Waals surface area contributed by atoms with Crippen LogP contribution in [0.1, 0.15) is 15.9 Å². The standard InChI is InChI=1S/C13H10O.C3H5NS/c14-13(11-7-3-1-4-8-11)12-9-5-2-6-10-12;1-2-5-3-4-1/h1-10H;1-2,4H,3H2. The fraction of sp³-hybridized carbons (Fsp3) is 0.0625. The lowest BCUT2D eigenvalue weighted by atomic mass is 10.0. The minimum atomic E-state index is 0.0752. The van der Waals surface area contributed by atoms with Crippen molar-refractivity contribution in [2.24, 2.45) is 0 Å². The molecule has 1 aliphatic rings. The van der Waals surface area contributed by atoms with Crippen LogP contribution >= 0.6 is 11.8 Å². The number of benzene rings is 2. The summed E-state index contributed by atoms with van der Waals surface area (Å²) >= 11 is 1.78. The molecule has 3 rings (SSSR count). The molecule has 0 fully saturated rings. The maximum absolute atomic E-state index is 11.8. The van der Waals surface area contributed by atoms with Crippen molar-refractivity contribution >= 4 is 17.5 Å². The van der Waals surface area contributed by atoms with Crippen LogP contribution in [0, 0.1) is 0 Å². The lowest BCUT2D eigenvalue weighted by molar-refractivity contribution is 0.103. The van der Waals surface area contributed by atoms with Gasteiger partial charge in [0.25, 0.3) is 0 Å². The second-order valence-electron chi connectivity index (χ2n) is 3.88. The van der Waals surface area contributed by atoms with Crippen molar-refractivity contribution in [3.05, 3.63) is 83.4 Å². The third-order valence-corrected chi connectivity index (χ3v) is 3.18. The maximum Gasteiger partial charge on any atom is 0.193 e. The summed E-state index contributed by atoms with van der Waals surface area (Å²) in [4.78, 5) is 11.8. The van der Waals surface area contributed by atoms with E-state index in [2.05, 4.69) is 5.32 Å². The fourth-order valence-electron chi connectivity index (χ4n) is 1.59. The summed E-state index contributed by atoms with van der Waals surface area (Å²) < 4.78 is 0. The molecule has 1 aliphatic heterocycles. The van der Waals surface area contributed by atoms with Gasteiger partial charge in [0.15, 0.2) is 5.78 Å². The molecule has 96 valence electrons. The van der Waals surface area contributed by atoms with Crippen LogP contribution in [0.4, 0.5) is 0 Å². The highest BCUT2D eigenvalue weighted by Gasteiger charge is 2.06. The predicted octanol–water partition coefficient (Wildman–Crippen LogP) is 3.67. The molecule has 0 atom stereocenters. The Hall–Kier alpha value is -2.00.